The van der Waals surface area contributed by atoms with Gasteiger partial charge in [0.15, 0.2) is 5.65 Å². The summed E-state index contributed by atoms with van der Waals surface area (Å²) in [5.41, 5.74) is 2.75. The maximum Gasteiger partial charge on any atom is 0.155 e. The van der Waals surface area contributed by atoms with Gasteiger partial charge in [0.1, 0.15) is 10.4 Å². The van der Waals surface area contributed by atoms with Gasteiger partial charge < -0.3 is 5.32 Å². The number of hydrogen-bond donors (Lipinski definition) is 1. The Kier molecular flexibility index (Phi) is 3.98. The topological polar surface area (TPSA) is 42.2 Å². The van der Waals surface area contributed by atoms with E-state index in [-0.39, 0.29) is 11.9 Å². The number of nitrogens with one attached hydrogen (secondary N) is 1. The first-order valence-corrected chi connectivity index (χ1v) is 7.39. The lowest BCUT2D eigenvalue weighted by Gasteiger charge is -2.14. The van der Waals surface area contributed by atoms with Crippen LogP contribution in [0.15, 0.2) is 47.5 Å². The second-order valence-electron chi connectivity index (χ2n) is 4.85. The van der Waals surface area contributed by atoms with E-state index in [9.17, 15) is 4.39 Å². The number of hydrogen-bond acceptors (Lipinski definition) is 3. The molecule has 1 N–H and O–H groups in total. The van der Waals surface area contributed by atoms with Crippen LogP contribution in [-0.2, 0) is 6.54 Å². The average Bonchev–Trinajstić information content (AvgIpc) is 2.87. The molecule has 0 fully saturated rings. The highest BCUT2D eigenvalue weighted by Crippen LogP contribution is 2.15. The van der Waals surface area contributed by atoms with Gasteiger partial charge >= 0.3 is 0 Å². The van der Waals surface area contributed by atoms with Crippen molar-refractivity contribution >= 4 is 21.6 Å². The molecule has 108 valence electrons. The zero-order chi connectivity index (χ0) is 14.8. The number of nitrogens with zero attached hydrogens (tertiary/aromatic N) is 3. The highest BCUT2D eigenvalue weighted by Gasteiger charge is 2.08. The first-order valence-electron chi connectivity index (χ1n) is 6.60. The molecular formula is C15H14BrFN4. The molecule has 3 aromatic rings. The molecule has 1 aromatic carbocycles. The van der Waals surface area contributed by atoms with Crippen molar-refractivity contribution in [3.05, 3.63) is 64.5 Å². The standard InChI is InChI=1S/C15H14BrFN4/c1-10(11-3-2-4-12(17)5-11)18-6-13-7-20-15-8-19-14(16)9-21(13)15/h2-5,7-10,18H,6H2,1H3/t10-/m1/s1. The van der Waals surface area contributed by atoms with Gasteiger partial charge in [0.25, 0.3) is 0 Å². The van der Waals surface area contributed by atoms with E-state index in [2.05, 4.69) is 31.2 Å². The van der Waals surface area contributed by atoms with Gasteiger partial charge in [0.05, 0.1) is 18.1 Å². The fraction of sp³-hybridized carbons (Fsp3) is 0.200. The third-order valence-corrected chi connectivity index (χ3v) is 3.79. The van der Waals surface area contributed by atoms with Crippen molar-refractivity contribution in [1.29, 1.82) is 0 Å². The number of aromatic nitrogens is 3. The zero-order valence-electron chi connectivity index (χ0n) is 11.4. The second-order valence-corrected chi connectivity index (χ2v) is 5.66. The molecule has 0 bridgehead atoms. The number of fused-ring (bicyclic) bond motifs is 1. The molecule has 0 spiro atoms. The molecule has 0 saturated heterocycles. The molecule has 0 saturated carbocycles. The molecule has 21 heavy (non-hydrogen) atoms. The largest absolute Gasteiger partial charge is 0.305 e. The number of halogens is 2. The minimum absolute atomic E-state index is 0.0523. The number of rotatable bonds is 4. The van der Waals surface area contributed by atoms with Gasteiger partial charge in [-0.3, -0.25) is 4.40 Å². The molecule has 3 rings (SSSR count). The van der Waals surface area contributed by atoms with Crippen molar-refractivity contribution in [2.24, 2.45) is 0 Å². The molecule has 0 aliphatic rings. The smallest absolute Gasteiger partial charge is 0.155 e. The Hall–Kier alpha value is -1.79. The van der Waals surface area contributed by atoms with E-state index in [1.165, 1.54) is 6.07 Å². The van der Waals surface area contributed by atoms with Crippen LogP contribution < -0.4 is 5.32 Å². The van der Waals surface area contributed by atoms with Gasteiger partial charge in [-0.05, 0) is 40.5 Å². The summed E-state index contributed by atoms with van der Waals surface area (Å²) in [7, 11) is 0. The SMILES string of the molecule is C[C@@H](NCc1cnc2cnc(Br)cn12)c1cccc(F)c1. The van der Waals surface area contributed by atoms with E-state index < -0.39 is 0 Å². The lowest BCUT2D eigenvalue weighted by Crippen LogP contribution is -2.19. The van der Waals surface area contributed by atoms with E-state index in [0.717, 1.165) is 21.5 Å². The van der Waals surface area contributed by atoms with Crippen molar-refractivity contribution in [2.75, 3.05) is 0 Å². The van der Waals surface area contributed by atoms with Crippen LogP contribution in [-0.4, -0.2) is 14.4 Å². The van der Waals surface area contributed by atoms with Gasteiger partial charge in [-0.25, -0.2) is 14.4 Å². The third kappa shape index (κ3) is 3.11. The van der Waals surface area contributed by atoms with E-state index in [4.69, 9.17) is 0 Å². The Morgan fingerprint density at radius 2 is 2.19 bits per heavy atom. The van der Waals surface area contributed by atoms with Crippen molar-refractivity contribution < 1.29 is 4.39 Å². The predicted molar refractivity (Wildman–Crippen MR) is 82.3 cm³/mol. The molecule has 0 unspecified atom stereocenters. The molecule has 0 amide bonds. The van der Waals surface area contributed by atoms with E-state index in [0.29, 0.717) is 6.54 Å². The molecule has 0 aliphatic carbocycles. The number of benzene rings is 1. The second kappa shape index (κ2) is 5.91. The summed E-state index contributed by atoms with van der Waals surface area (Å²) in [4.78, 5) is 8.45. The Morgan fingerprint density at radius 3 is 3.00 bits per heavy atom. The van der Waals surface area contributed by atoms with Crippen LogP contribution >= 0.6 is 15.9 Å². The zero-order valence-corrected chi connectivity index (χ0v) is 13.0. The lowest BCUT2D eigenvalue weighted by molar-refractivity contribution is 0.557. The molecule has 1 atom stereocenters. The third-order valence-electron chi connectivity index (χ3n) is 3.38. The van der Waals surface area contributed by atoms with Gasteiger partial charge in [-0.1, -0.05) is 12.1 Å². The summed E-state index contributed by atoms with van der Waals surface area (Å²) in [5, 5.41) is 3.38. The minimum atomic E-state index is -0.217. The molecule has 0 radical (unpaired) electrons. The maximum atomic E-state index is 13.2. The van der Waals surface area contributed by atoms with Crippen LogP contribution in [0.4, 0.5) is 4.39 Å². The van der Waals surface area contributed by atoms with Crippen LogP contribution in [0.1, 0.15) is 24.2 Å². The van der Waals surface area contributed by atoms with Crippen LogP contribution in [0.25, 0.3) is 5.65 Å². The summed E-state index contributed by atoms with van der Waals surface area (Å²) in [6.07, 6.45) is 5.41. The molecule has 6 heteroatoms. The Labute approximate surface area is 130 Å². The van der Waals surface area contributed by atoms with Gasteiger partial charge in [-0.2, -0.15) is 0 Å². The molecule has 4 nitrogen and oxygen atoms in total. The molecule has 2 heterocycles. The lowest BCUT2D eigenvalue weighted by atomic mass is 10.1. The van der Waals surface area contributed by atoms with Gasteiger partial charge in [-0.15, -0.1) is 0 Å². The van der Waals surface area contributed by atoms with Crippen LogP contribution in [0.2, 0.25) is 0 Å². The quantitative estimate of drug-likeness (QED) is 0.784. The normalized spacial score (nSPS) is 12.7. The Morgan fingerprint density at radius 1 is 1.33 bits per heavy atom. The minimum Gasteiger partial charge on any atom is -0.305 e. The van der Waals surface area contributed by atoms with Crippen molar-refractivity contribution in [1.82, 2.24) is 19.7 Å². The number of imidazole rings is 1. The van der Waals surface area contributed by atoms with Gasteiger partial charge in [0.2, 0.25) is 0 Å². The van der Waals surface area contributed by atoms with Crippen LogP contribution in [0, 0.1) is 5.82 Å². The Balaban J connectivity index is 1.75. The van der Waals surface area contributed by atoms with E-state index in [1.54, 1.807) is 18.3 Å². The fourth-order valence-corrected chi connectivity index (χ4v) is 2.51. The first-order chi connectivity index (χ1) is 10.1. The summed E-state index contributed by atoms with van der Waals surface area (Å²) in [5.74, 6) is -0.217. The molecule has 2 aromatic heterocycles. The van der Waals surface area contributed by atoms with Crippen molar-refractivity contribution in [2.45, 2.75) is 19.5 Å². The highest BCUT2D eigenvalue weighted by atomic mass is 79.9. The summed E-state index contributed by atoms with van der Waals surface area (Å²) < 4.78 is 16.0. The van der Waals surface area contributed by atoms with Gasteiger partial charge in [0, 0.05) is 18.8 Å². The van der Waals surface area contributed by atoms with Crippen LogP contribution in [0.3, 0.4) is 0 Å². The van der Waals surface area contributed by atoms with Crippen molar-refractivity contribution in [3.63, 3.8) is 0 Å². The maximum absolute atomic E-state index is 13.2. The summed E-state index contributed by atoms with van der Waals surface area (Å²) in [6, 6.07) is 6.68. The summed E-state index contributed by atoms with van der Waals surface area (Å²) in [6.45, 7) is 2.64. The van der Waals surface area contributed by atoms with Crippen LogP contribution in [0.5, 0.6) is 0 Å². The van der Waals surface area contributed by atoms with E-state index >= 15 is 0 Å². The monoisotopic (exact) mass is 348 g/mol. The molecular weight excluding hydrogens is 335 g/mol. The Bertz CT molecular complexity index is 771. The summed E-state index contributed by atoms with van der Waals surface area (Å²) >= 11 is 3.35. The van der Waals surface area contributed by atoms with Crippen molar-refractivity contribution in [3.8, 4) is 0 Å². The predicted octanol–water partition coefficient (Wildman–Crippen LogP) is 3.48. The molecule has 0 aliphatic heterocycles. The van der Waals surface area contributed by atoms with E-state index in [1.807, 2.05) is 29.8 Å². The highest BCUT2D eigenvalue weighted by molar-refractivity contribution is 9.10. The first kappa shape index (κ1) is 14.2. The average molecular weight is 349 g/mol. The fourth-order valence-electron chi connectivity index (χ4n) is 2.20.